The van der Waals surface area contributed by atoms with E-state index in [2.05, 4.69) is 0 Å². The van der Waals surface area contributed by atoms with E-state index in [0.29, 0.717) is 6.42 Å². The van der Waals surface area contributed by atoms with Gasteiger partial charge in [0.15, 0.2) is 0 Å². The predicted molar refractivity (Wildman–Crippen MR) is 76.0 cm³/mol. The molecule has 0 radical (unpaired) electrons. The molecule has 0 saturated heterocycles. The molecule has 1 aliphatic carbocycles. The van der Waals surface area contributed by atoms with E-state index in [0.717, 1.165) is 36.3 Å². The van der Waals surface area contributed by atoms with Gasteiger partial charge in [-0.25, -0.2) is 0 Å². The van der Waals surface area contributed by atoms with Gasteiger partial charge in [-0.2, -0.15) is 0 Å². The number of benzene rings is 1. The van der Waals surface area contributed by atoms with Gasteiger partial charge in [-0.3, -0.25) is 4.79 Å². The Bertz CT molecular complexity index is 520. The number of fused-ring (bicyclic) bond motifs is 1. The lowest BCUT2D eigenvalue weighted by atomic mass is 9.79. The Morgan fingerprint density at radius 2 is 2.20 bits per heavy atom. The van der Waals surface area contributed by atoms with Crippen molar-refractivity contribution in [1.82, 2.24) is 0 Å². The molecule has 2 aliphatic rings. The SMILES string of the molecule is COc1ccc2c(c1)C(CC(N)=O)CC1(CCCC1)O2. The van der Waals surface area contributed by atoms with E-state index in [1.54, 1.807) is 7.11 Å². The number of carbonyl (C=O) groups is 1. The molecule has 4 heteroatoms. The van der Waals surface area contributed by atoms with Gasteiger partial charge >= 0.3 is 0 Å². The molecule has 1 spiro atoms. The van der Waals surface area contributed by atoms with E-state index >= 15 is 0 Å². The van der Waals surface area contributed by atoms with E-state index in [1.807, 2.05) is 18.2 Å². The maximum atomic E-state index is 11.4. The van der Waals surface area contributed by atoms with Crippen molar-refractivity contribution in [3.05, 3.63) is 23.8 Å². The van der Waals surface area contributed by atoms with E-state index in [1.165, 1.54) is 12.8 Å². The summed E-state index contributed by atoms with van der Waals surface area (Å²) in [5.74, 6) is 1.58. The van der Waals surface area contributed by atoms with Crippen molar-refractivity contribution in [2.75, 3.05) is 7.11 Å². The van der Waals surface area contributed by atoms with Crippen LogP contribution in [-0.4, -0.2) is 18.6 Å². The second-order valence-corrected chi connectivity index (χ2v) is 5.97. The molecule has 1 unspecified atom stereocenters. The first-order valence-electron chi connectivity index (χ1n) is 7.27. The molecular formula is C16H21NO3. The molecule has 1 atom stereocenters. The molecule has 1 aliphatic heterocycles. The Kier molecular flexibility index (Phi) is 3.32. The quantitative estimate of drug-likeness (QED) is 0.922. The average molecular weight is 275 g/mol. The molecule has 0 aromatic heterocycles. The molecular weight excluding hydrogens is 254 g/mol. The van der Waals surface area contributed by atoms with E-state index in [4.69, 9.17) is 15.2 Å². The van der Waals surface area contributed by atoms with Crippen molar-refractivity contribution >= 4 is 5.91 Å². The summed E-state index contributed by atoms with van der Waals surface area (Å²) >= 11 is 0. The number of hydrogen-bond donors (Lipinski definition) is 1. The molecule has 20 heavy (non-hydrogen) atoms. The van der Waals surface area contributed by atoms with Gasteiger partial charge in [0.1, 0.15) is 17.1 Å². The summed E-state index contributed by atoms with van der Waals surface area (Å²) in [5.41, 5.74) is 6.40. The maximum absolute atomic E-state index is 11.4. The van der Waals surface area contributed by atoms with Crippen molar-refractivity contribution in [3.8, 4) is 11.5 Å². The van der Waals surface area contributed by atoms with Crippen LogP contribution in [0.1, 0.15) is 50.0 Å². The van der Waals surface area contributed by atoms with Crippen LogP contribution in [0.4, 0.5) is 0 Å². The first-order valence-corrected chi connectivity index (χ1v) is 7.27. The molecule has 2 N–H and O–H groups in total. The third-order valence-corrected chi connectivity index (χ3v) is 4.56. The van der Waals surface area contributed by atoms with Crippen molar-refractivity contribution in [1.29, 1.82) is 0 Å². The number of rotatable bonds is 3. The van der Waals surface area contributed by atoms with Crippen molar-refractivity contribution in [3.63, 3.8) is 0 Å². The number of hydrogen-bond acceptors (Lipinski definition) is 3. The summed E-state index contributed by atoms with van der Waals surface area (Å²) in [6.07, 6.45) is 5.83. The van der Waals surface area contributed by atoms with Gasteiger partial charge in [-0.1, -0.05) is 0 Å². The summed E-state index contributed by atoms with van der Waals surface area (Å²) in [6, 6.07) is 5.85. The molecule has 1 aromatic rings. The Morgan fingerprint density at radius 1 is 1.45 bits per heavy atom. The maximum Gasteiger partial charge on any atom is 0.218 e. The minimum atomic E-state index is -0.251. The van der Waals surface area contributed by atoms with Gasteiger partial charge in [-0.05, 0) is 50.3 Å². The van der Waals surface area contributed by atoms with Gasteiger partial charge in [-0.15, -0.1) is 0 Å². The number of carbonyl (C=O) groups excluding carboxylic acids is 1. The zero-order chi connectivity index (χ0) is 14.2. The van der Waals surface area contributed by atoms with Crippen molar-refractivity contribution in [2.45, 2.75) is 50.0 Å². The van der Waals surface area contributed by atoms with Crippen LogP contribution in [0.25, 0.3) is 0 Å². The Balaban J connectivity index is 1.97. The normalized spacial score (nSPS) is 23.1. The predicted octanol–water partition coefficient (Wildman–Crippen LogP) is 2.75. The second kappa shape index (κ2) is 5.00. The largest absolute Gasteiger partial charge is 0.497 e. The summed E-state index contributed by atoms with van der Waals surface area (Å²) in [7, 11) is 1.65. The molecule has 3 rings (SSSR count). The summed E-state index contributed by atoms with van der Waals surface area (Å²) in [4.78, 5) is 11.4. The number of primary amides is 1. The van der Waals surface area contributed by atoms with Crippen LogP contribution in [0.15, 0.2) is 18.2 Å². The number of amides is 1. The molecule has 1 aromatic carbocycles. The Hall–Kier alpha value is -1.71. The molecule has 4 nitrogen and oxygen atoms in total. The zero-order valence-electron chi connectivity index (χ0n) is 11.9. The highest BCUT2D eigenvalue weighted by Crippen LogP contribution is 2.49. The van der Waals surface area contributed by atoms with Crippen LogP contribution in [0.3, 0.4) is 0 Å². The molecule has 1 heterocycles. The summed E-state index contributed by atoms with van der Waals surface area (Å²) < 4.78 is 11.6. The molecule has 0 bridgehead atoms. The Morgan fingerprint density at radius 3 is 2.85 bits per heavy atom. The van der Waals surface area contributed by atoms with Crippen LogP contribution < -0.4 is 15.2 Å². The van der Waals surface area contributed by atoms with E-state index in [-0.39, 0.29) is 17.4 Å². The highest BCUT2D eigenvalue weighted by molar-refractivity contribution is 5.75. The fourth-order valence-corrected chi connectivity index (χ4v) is 3.65. The molecule has 1 amide bonds. The minimum Gasteiger partial charge on any atom is -0.497 e. The van der Waals surface area contributed by atoms with Gasteiger partial charge in [0, 0.05) is 17.9 Å². The van der Waals surface area contributed by atoms with E-state index in [9.17, 15) is 4.79 Å². The standard InChI is InChI=1S/C16H21NO3/c1-19-12-4-5-14-13(9-12)11(8-15(17)18)10-16(20-14)6-2-3-7-16/h4-5,9,11H,2-3,6-8,10H2,1H3,(H2,17,18). The topological polar surface area (TPSA) is 61.5 Å². The minimum absolute atomic E-state index is 0.0816. The lowest BCUT2D eigenvalue weighted by Gasteiger charge is -2.40. The monoisotopic (exact) mass is 275 g/mol. The summed E-state index contributed by atoms with van der Waals surface area (Å²) in [5, 5.41) is 0. The third kappa shape index (κ3) is 2.35. The first kappa shape index (κ1) is 13.3. The number of ether oxygens (including phenoxy) is 2. The van der Waals surface area contributed by atoms with Crippen LogP contribution in [0.2, 0.25) is 0 Å². The zero-order valence-corrected chi connectivity index (χ0v) is 11.9. The van der Waals surface area contributed by atoms with Crippen LogP contribution in [0, 0.1) is 0 Å². The molecule has 108 valence electrons. The first-order chi connectivity index (χ1) is 9.62. The van der Waals surface area contributed by atoms with E-state index < -0.39 is 0 Å². The molecule has 1 saturated carbocycles. The lowest BCUT2D eigenvalue weighted by Crippen LogP contribution is -2.39. The highest BCUT2D eigenvalue weighted by atomic mass is 16.5. The second-order valence-electron chi connectivity index (χ2n) is 5.97. The van der Waals surface area contributed by atoms with Crippen molar-refractivity contribution < 1.29 is 14.3 Å². The Labute approximate surface area is 119 Å². The fourth-order valence-electron chi connectivity index (χ4n) is 3.65. The highest BCUT2D eigenvalue weighted by Gasteiger charge is 2.43. The van der Waals surface area contributed by atoms with Crippen LogP contribution in [0.5, 0.6) is 11.5 Å². The van der Waals surface area contributed by atoms with Gasteiger partial charge in [0.05, 0.1) is 7.11 Å². The summed E-state index contributed by atoms with van der Waals surface area (Å²) in [6.45, 7) is 0. The fraction of sp³-hybridized carbons (Fsp3) is 0.562. The van der Waals surface area contributed by atoms with Crippen LogP contribution in [-0.2, 0) is 4.79 Å². The average Bonchev–Trinajstić information content (AvgIpc) is 2.85. The number of nitrogens with two attached hydrogens (primary N) is 1. The van der Waals surface area contributed by atoms with Gasteiger partial charge in [0.2, 0.25) is 5.91 Å². The lowest BCUT2D eigenvalue weighted by molar-refractivity contribution is -0.118. The van der Waals surface area contributed by atoms with Gasteiger partial charge < -0.3 is 15.2 Å². The number of methoxy groups -OCH3 is 1. The third-order valence-electron chi connectivity index (χ3n) is 4.56. The smallest absolute Gasteiger partial charge is 0.218 e. The van der Waals surface area contributed by atoms with Gasteiger partial charge in [0.25, 0.3) is 0 Å². The molecule has 1 fully saturated rings. The van der Waals surface area contributed by atoms with Crippen LogP contribution >= 0.6 is 0 Å². The van der Waals surface area contributed by atoms with Crippen molar-refractivity contribution in [2.24, 2.45) is 5.73 Å².